The number of aliphatic hydroxyl groups excluding tert-OH is 1. The standard InChI is InChI=1S/C16H23NO3/c1-10(2)15(20-16(19)17-12-8-9-12)14(18)13-7-5-4-6-11(13)3/h4-7,10,12,14-15,18H,8-9H2,1-3H3,(H,17,19). The van der Waals surface area contributed by atoms with Crippen molar-refractivity contribution in [1.29, 1.82) is 0 Å². The van der Waals surface area contributed by atoms with Gasteiger partial charge in [0.05, 0.1) is 0 Å². The molecule has 0 saturated heterocycles. The lowest BCUT2D eigenvalue weighted by Gasteiger charge is -2.27. The van der Waals surface area contributed by atoms with Gasteiger partial charge in [-0.25, -0.2) is 4.79 Å². The molecule has 0 heterocycles. The van der Waals surface area contributed by atoms with Gasteiger partial charge in [-0.3, -0.25) is 0 Å². The Balaban J connectivity index is 2.07. The second kappa shape index (κ2) is 6.27. The van der Waals surface area contributed by atoms with E-state index in [9.17, 15) is 9.90 Å². The topological polar surface area (TPSA) is 58.6 Å². The van der Waals surface area contributed by atoms with E-state index in [4.69, 9.17) is 4.74 Å². The molecule has 4 heteroatoms. The summed E-state index contributed by atoms with van der Waals surface area (Å²) >= 11 is 0. The molecule has 0 spiro atoms. The quantitative estimate of drug-likeness (QED) is 0.870. The number of amides is 1. The van der Waals surface area contributed by atoms with Gasteiger partial charge >= 0.3 is 6.09 Å². The minimum atomic E-state index is -0.804. The fourth-order valence-corrected chi connectivity index (χ4v) is 2.21. The molecule has 110 valence electrons. The second-order valence-corrected chi connectivity index (χ2v) is 5.83. The Bertz CT molecular complexity index is 469. The number of alkyl carbamates (subject to hydrolysis) is 1. The van der Waals surface area contributed by atoms with Crippen LogP contribution in [-0.2, 0) is 4.74 Å². The summed E-state index contributed by atoms with van der Waals surface area (Å²) in [5.74, 6) is 0.0366. The van der Waals surface area contributed by atoms with Gasteiger partial charge in [0, 0.05) is 6.04 Å². The number of aliphatic hydroxyl groups is 1. The normalized spacial score (nSPS) is 17.6. The zero-order valence-corrected chi connectivity index (χ0v) is 12.3. The molecule has 4 nitrogen and oxygen atoms in total. The lowest BCUT2D eigenvalue weighted by molar-refractivity contribution is -0.0233. The molecule has 0 radical (unpaired) electrons. The minimum Gasteiger partial charge on any atom is -0.443 e. The molecule has 1 aliphatic rings. The molecule has 0 aromatic heterocycles. The average molecular weight is 277 g/mol. The number of carbonyl (C=O) groups is 1. The largest absolute Gasteiger partial charge is 0.443 e. The molecule has 1 aromatic carbocycles. The molecule has 1 amide bonds. The number of nitrogens with one attached hydrogen (secondary N) is 1. The zero-order chi connectivity index (χ0) is 14.7. The Morgan fingerprint density at radius 1 is 1.35 bits per heavy atom. The first-order valence-electron chi connectivity index (χ1n) is 7.19. The van der Waals surface area contributed by atoms with E-state index in [0.29, 0.717) is 0 Å². The first-order valence-corrected chi connectivity index (χ1v) is 7.19. The van der Waals surface area contributed by atoms with Crippen molar-refractivity contribution in [1.82, 2.24) is 5.32 Å². The highest BCUT2D eigenvalue weighted by Crippen LogP contribution is 2.27. The molecular formula is C16H23NO3. The van der Waals surface area contributed by atoms with Gasteiger partial charge in [-0.05, 0) is 36.8 Å². The van der Waals surface area contributed by atoms with Crippen LogP contribution in [0, 0.1) is 12.8 Å². The third-order valence-corrected chi connectivity index (χ3v) is 3.62. The van der Waals surface area contributed by atoms with Crippen molar-refractivity contribution >= 4 is 6.09 Å². The molecule has 2 atom stereocenters. The number of aryl methyl sites for hydroxylation is 1. The van der Waals surface area contributed by atoms with E-state index in [0.717, 1.165) is 24.0 Å². The van der Waals surface area contributed by atoms with E-state index in [2.05, 4.69) is 5.32 Å². The molecule has 1 fully saturated rings. The summed E-state index contributed by atoms with van der Waals surface area (Å²) in [5, 5.41) is 13.3. The van der Waals surface area contributed by atoms with Gasteiger partial charge in [-0.2, -0.15) is 0 Å². The van der Waals surface area contributed by atoms with Crippen molar-refractivity contribution < 1.29 is 14.6 Å². The lowest BCUT2D eigenvalue weighted by Crippen LogP contribution is -2.36. The Kier molecular flexibility index (Phi) is 4.65. The summed E-state index contributed by atoms with van der Waals surface area (Å²) < 4.78 is 5.43. The Hall–Kier alpha value is -1.55. The van der Waals surface area contributed by atoms with Gasteiger partial charge in [0.1, 0.15) is 12.2 Å². The third kappa shape index (κ3) is 3.73. The van der Waals surface area contributed by atoms with Gasteiger partial charge in [0.15, 0.2) is 0 Å². The molecule has 2 unspecified atom stereocenters. The monoisotopic (exact) mass is 277 g/mol. The fourth-order valence-electron chi connectivity index (χ4n) is 2.21. The van der Waals surface area contributed by atoms with Crippen LogP contribution in [0.3, 0.4) is 0 Å². The smallest absolute Gasteiger partial charge is 0.407 e. The molecule has 2 rings (SSSR count). The van der Waals surface area contributed by atoms with E-state index >= 15 is 0 Å². The highest BCUT2D eigenvalue weighted by molar-refractivity contribution is 5.68. The van der Waals surface area contributed by atoms with Gasteiger partial charge in [0.25, 0.3) is 0 Å². The van der Waals surface area contributed by atoms with Crippen molar-refractivity contribution in [3.63, 3.8) is 0 Å². The number of ether oxygens (including phenoxy) is 1. The molecular weight excluding hydrogens is 254 g/mol. The Labute approximate surface area is 120 Å². The fraction of sp³-hybridized carbons (Fsp3) is 0.562. The van der Waals surface area contributed by atoms with Gasteiger partial charge in [0.2, 0.25) is 0 Å². The van der Waals surface area contributed by atoms with Crippen LogP contribution in [0.5, 0.6) is 0 Å². The van der Waals surface area contributed by atoms with Crippen molar-refractivity contribution in [3.8, 4) is 0 Å². The van der Waals surface area contributed by atoms with E-state index in [1.165, 1.54) is 0 Å². The first kappa shape index (κ1) is 14.9. The molecule has 1 aromatic rings. The first-order chi connectivity index (χ1) is 9.49. The minimum absolute atomic E-state index is 0.0366. The molecule has 1 saturated carbocycles. The maximum absolute atomic E-state index is 11.8. The lowest BCUT2D eigenvalue weighted by atomic mass is 9.93. The number of hydrogen-bond acceptors (Lipinski definition) is 3. The van der Waals surface area contributed by atoms with Crippen LogP contribution in [0.15, 0.2) is 24.3 Å². The molecule has 20 heavy (non-hydrogen) atoms. The van der Waals surface area contributed by atoms with Gasteiger partial charge in [-0.1, -0.05) is 38.1 Å². The summed E-state index contributed by atoms with van der Waals surface area (Å²) in [6, 6.07) is 7.88. The molecule has 0 aliphatic heterocycles. The number of benzene rings is 1. The SMILES string of the molecule is Cc1ccccc1C(O)C(OC(=O)NC1CC1)C(C)C. The van der Waals surface area contributed by atoms with Crippen LogP contribution in [-0.4, -0.2) is 23.3 Å². The van der Waals surface area contributed by atoms with Crippen molar-refractivity contribution in [2.75, 3.05) is 0 Å². The molecule has 1 aliphatic carbocycles. The second-order valence-electron chi connectivity index (χ2n) is 5.83. The van der Waals surface area contributed by atoms with Crippen LogP contribution in [0.1, 0.15) is 43.9 Å². The van der Waals surface area contributed by atoms with E-state index in [-0.39, 0.29) is 12.0 Å². The summed E-state index contributed by atoms with van der Waals surface area (Å²) in [7, 11) is 0. The Morgan fingerprint density at radius 2 is 2.00 bits per heavy atom. The maximum atomic E-state index is 11.8. The number of hydrogen-bond donors (Lipinski definition) is 2. The summed E-state index contributed by atoms with van der Waals surface area (Å²) in [4.78, 5) is 11.8. The maximum Gasteiger partial charge on any atom is 0.407 e. The molecule has 2 N–H and O–H groups in total. The van der Waals surface area contributed by atoms with Crippen molar-refractivity contribution in [3.05, 3.63) is 35.4 Å². The van der Waals surface area contributed by atoms with Gasteiger partial charge in [-0.15, -0.1) is 0 Å². The zero-order valence-electron chi connectivity index (χ0n) is 12.3. The average Bonchev–Trinajstić information content (AvgIpc) is 3.19. The third-order valence-electron chi connectivity index (χ3n) is 3.62. The van der Waals surface area contributed by atoms with Crippen molar-refractivity contribution in [2.45, 2.75) is 51.9 Å². The van der Waals surface area contributed by atoms with Crippen molar-refractivity contribution in [2.24, 2.45) is 5.92 Å². The van der Waals surface area contributed by atoms with E-state index in [1.54, 1.807) is 0 Å². The van der Waals surface area contributed by atoms with Crippen LogP contribution in [0.4, 0.5) is 4.79 Å². The molecule has 0 bridgehead atoms. The van der Waals surface area contributed by atoms with Gasteiger partial charge < -0.3 is 15.2 Å². The summed E-state index contributed by atoms with van der Waals surface area (Å²) in [5.41, 5.74) is 1.81. The van der Waals surface area contributed by atoms with E-state index < -0.39 is 18.3 Å². The predicted molar refractivity (Wildman–Crippen MR) is 77.4 cm³/mol. The van der Waals surface area contributed by atoms with Crippen LogP contribution >= 0.6 is 0 Å². The Morgan fingerprint density at radius 3 is 2.55 bits per heavy atom. The highest BCUT2D eigenvalue weighted by Gasteiger charge is 2.31. The van der Waals surface area contributed by atoms with E-state index in [1.807, 2.05) is 45.0 Å². The van der Waals surface area contributed by atoms with Crippen LogP contribution < -0.4 is 5.32 Å². The number of carbonyl (C=O) groups excluding carboxylic acids is 1. The summed E-state index contributed by atoms with van der Waals surface area (Å²) in [6.07, 6.45) is 0.249. The number of rotatable bonds is 5. The van der Waals surface area contributed by atoms with Crippen LogP contribution in [0.2, 0.25) is 0 Å². The predicted octanol–water partition coefficient (Wildman–Crippen LogP) is 2.94. The summed E-state index contributed by atoms with van der Waals surface area (Å²) in [6.45, 7) is 5.83. The highest BCUT2D eigenvalue weighted by atomic mass is 16.6. The van der Waals surface area contributed by atoms with Crippen LogP contribution in [0.25, 0.3) is 0 Å².